The van der Waals surface area contributed by atoms with Gasteiger partial charge in [-0.25, -0.2) is 0 Å². The average molecular weight is 452 g/mol. The Morgan fingerprint density at radius 3 is 2.03 bits per heavy atom. The summed E-state index contributed by atoms with van der Waals surface area (Å²) in [5, 5.41) is 0. The lowest BCUT2D eigenvalue weighted by Gasteiger charge is -2.27. The Bertz CT molecular complexity index is 1490. The van der Waals surface area contributed by atoms with E-state index in [0.717, 1.165) is 6.42 Å². The molecule has 0 saturated carbocycles. The van der Waals surface area contributed by atoms with Crippen LogP contribution in [-0.2, 0) is 0 Å². The third-order valence-corrected chi connectivity index (χ3v) is 8.46. The third-order valence-electron chi connectivity index (χ3n) is 8.46. The van der Waals surface area contributed by atoms with Gasteiger partial charge in [-0.2, -0.15) is 0 Å². The molecular formula is C34H29N. The Kier molecular flexibility index (Phi) is 4.45. The number of fused-ring (bicyclic) bond motifs is 5. The molecule has 0 radical (unpaired) electrons. The van der Waals surface area contributed by atoms with E-state index in [9.17, 15) is 0 Å². The average Bonchev–Trinajstić information content (AvgIpc) is 3.46. The van der Waals surface area contributed by atoms with Crippen molar-refractivity contribution >= 4 is 5.69 Å². The van der Waals surface area contributed by atoms with Gasteiger partial charge in [0.25, 0.3) is 0 Å². The molecule has 1 heteroatoms. The van der Waals surface area contributed by atoms with Gasteiger partial charge in [-0.1, -0.05) is 78.9 Å². The molecule has 4 aliphatic rings. The molecule has 0 saturated heterocycles. The van der Waals surface area contributed by atoms with Gasteiger partial charge in [0.15, 0.2) is 0 Å². The summed E-state index contributed by atoms with van der Waals surface area (Å²) in [4.78, 5) is 2.46. The standard InChI is InChI=1S/C34H29N/c1-21-17-24-18-31-22(2)23(3)35(25-11-5-4-6-12-25)34(31)20-32(24)30(21)19-33-28-15-9-7-13-26(28)27-14-8-10-16-29(27)33/h4-18,20,31,33H,19H2,1-3H3. The lowest BCUT2D eigenvalue weighted by molar-refractivity contribution is 0.818. The monoisotopic (exact) mass is 451 g/mol. The number of nitrogens with zero attached hydrogens (tertiary/aromatic N) is 1. The van der Waals surface area contributed by atoms with Crippen molar-refractivity contribution in [3.8, 4) is 11.1 Å². The first-order valence-electron chi connectivity index (χ1n) is 12.7. The Labute approximate surface area is 208 Å². The van der Waals surface area contributed by atoms with Crippen molar-refractivity contribution in [2.24, 2.45) is 5.92 Å². The normalized spacial score (nSPS) is 20.4. The van der Waals surface area contributed by atoms with Crippen molar-refractivity contribution in [3.63, 3.8) is 0 Å². The first kappa shape index (κ1) is 20.5. The van der Waals surface area contributed by atoms with E-state index in [0.29, 0.717) is 11.8 Å². The van der Waals surface area contributed by atoms with Gasteiger partial charge in [0.1, 0.15) is 0 Å². The molecule has 1 aliphatic heterocycles. The maximum atomic E-state index is 2.50. The molecule has 1 nitrogen and oxygen atoms in total. The van der Waals surface area contributed by atoms with Gasteiger partial charge in [0, 0.05) is 28.9 Å². The number of allylic oxidation sites excluding steroid dienone is 8. The van der Waals surface area contributed by atoms with Crippen LogP contribution in [-0.4, -0.2) is 0 Å². The molecule has 3 aromatic carbocycles. The van der Waals surface area contributed by atoms with E-state index in [4.69, 9.17) is 0 Å². The number of rotatable bonds is 3. The van der Waals surface area contributed by atoms with Crippen molar-refractivity contribution < 1.29 is 0 Å². The van der Waals surface area contributed by atoms with Gasteiger partial charge in [-0.05, 0) is 95.5 Å². The van der Waals surface area contributed by atoms with E-state index in [-0.39, 0.29) is 0 Å². The minimum atomic E-state index is 0.352. The Morgan fingerprint density at radius 2 is 1.34 bits per heavy atom. The predicted molar refractivity (Wildman–Crippen MR) is 146 cm³/mol. The van der Waals surface area contributed by atoms with Gasteiger partial charge >= 0.3 is 0 Å². The van der Waals surface area contributed by atoms with E-state index < -0.39 is 0 Å². The fraction of sp³-hybridized carbons (Fsp3) is 0.176. The third kappa shape index (κ3) is 2.94. The zero-order valence-electron chi connectivity index (χ0n) is 20.5. The van der Waals surface area contributed by atoms with Crippen LogP contribution in [0.2, 0.25) is 0 Å². The maximum Gasteiger partial charge on any atom is 0.0455 e. The summed E-state index contributed by atoms with van der Waals surface area (Å²) < 4.78 is 0. The van der Waals surface area contributed by atoms with Crippen LogP contribution >= 0.6 is 0 Å². The zero-order chi connectivity index (χ0) is 23.7. The van der Waals surface area contributed by atoms with Crippen LogP contribution in [0.25, 0.3) is 11.1 Å². The lowest BCUT2D eigenvalue weighted by atomic mass is 9.84. The second-order valence-electron chi connectivity index (χ2n) is 10.3. The number of hydrogen-bond acceptors (Lipinski definition) is 1. The van der Waals surface area contributed by atoms with E-state index in [2.05, 4.69) is 123 Å². The fourth-order valence-corrected chi connectivity index (χ4v) is 6.62. The number of anilines is 1. The second kappa shape index (κ2) is 7.58. The zero-order valence-corrected chi connectivity index (χ0v) is 20.5. The topological polar surface area (TPSA) is 3.24 Å². The highest BCUT2D eigenvalue weighted by molar-refractivity contribution is 5.80. The van der Waals surface area contributed by atoms with Crippen LogP contribution in [0.5, 0.6) is 0 Å². The van der Waals surface area contributed by atoms with Crippen molar-refractivity contribution in [3.05, 3.63) is 147 Å². The minimum Gasteiger partial charge on any atom is -0.317 e. The molecule has 0 bridgehead atoms. The van der Waals surface area contributed by atoms with Gasteiger partial charge in [0.05, 0.1) is 0 Å². The fourth-order valence-electron chi connectivity index (χ4n) is 6.62. The Balaban J connectivity index is 1.34. The number of hydrogen-bond donors (Lipinski definition) is 0. The van der Waals surface area contributed by atoms with Crippen LogP contribution < -0.4 is 4.90 Å². The van der Waals surface area contributed by atoms with Gasteiger partial charge in [-0.3, -0.25) is 0 Å². The summed E-state index contributed by atoms with van der Waals surface area (Å²) in [6.45, 7) is 6.85. The van der Waals surface area contributed by atoms with E-state index in [1.807, 2.05) is 0 Å². The van der Waals surface area contributed by atoms with E-state index in [1.165, 1.54) is 67.2 Å². The molecule has 0 aromatic heterocycles. The summed E-state index contributed by atoms with van der Waals surface area (Å²) >= 11 is 0. The number of para-hydroxylation sites is 1. The predicted octanol–water partition coefficient (Wildman–Crippen LogP) is 8.70. The summed E-state index contributed by atoms with van der Waals surface area (Å²) in [6, 6.07) is 28.8. The SMILES string of the molecule is CC1=CC2=CC3C(=CC2=C1CC1c2ccccc2-c2ccccc21)N(c1ccccc1)C(C)=C3C. The van der Waals surface area contributed by atoms with Gasteiger partial charge in [0.2, 0.25) is 0 Å². The molecule has 1 unspecified atom stereocenters. The first-order chi connectivity index (χ1) is 17.1. The van der Waals surface area contributed by atoms with Crippen LogP contribution in [0.15, 0.2) is 136 Å². The first-order valence-corrected chi connectivity index (χ1v) is 12.7. The van der Waals surface area contributed by atoms with E-state index >= 15 is 0 Å². The van der Waals surface area contributed by atoms with Gasteiger partial charge in [-0.15, -0.1) is 0 Å². The summed E-state index contributed by atoms with van der Waals surface area (Å²) in [6.07, 6.45) is 8.44. The molecule has 1 heterocycles. The van der Waals surface area contributed by atoms with Crippen molar-refractivity contribution in [1.29, 1.82) is 0 Å². The second-order valence-corrected chi connectivity index (χ2v) is 10.3. The number of benzene rings is 3. The largest absolute Gasteiger partial charge is 0.317 e. The van der Waals surface area contributed by atoms with Crippen molar-refractivity contribution in [2.75, 3.05) is 4.90 Å². The van der Waals surface area contributed by atoms with Crippen molar-refractivity contribution in [2.45, 2.75) is 33.1 Å². The minimum absolute atomic E-state index is 0.352. The highest BCUT2D eigenvalue weighted by Gasteiger charge is 2.37. The molecule has 0 N–H and O–H groups in total. The van der Waals surface area contributed by atoms with Crippen LogP contribution in [0, 0.1) is 5.92 Å². The van der Waals surface area contributed by atoms with Crippen LogP contribution in [0.3, 0.4) is 0 Å². The molecule has 0 spiro atoms. The molecular weight excluding hydrogens is 422 g/mol. The van der Waals surface area contributed by atoms with Gasteiger partial charge < -0.3 is 4.90 Å². The summed E-state index contributed by atoms with van der Waals surface area (Å²) in [7, 11) is 0. The van der Waals surface area contributed by atoms with Crippen LogP contribution in [0.4, 0.5) is 5.69 Å². The van der Waals surface area contributed by atoms with Crippen LogP contribution in [0.1, 0.15) is 44.2 Å². The maximum absolute atomic E-state index is 2.50. The Morgan fingerprint density at radius 1 is 0.714 bits per heavy atom. The Hall–Kier alpha value is -3.84. The van der Waals surface area contributed by atoms with E-state index in [1.54, 1.807) is 0 Å². The molecule has 0 amide bonds. The molecule has 3 aliphatic carbocycles. The highest BCUT2D eigenvalue weighted by atomic mass is 15.2. The smallest absolute Gasteiger partial charge is 0.0455 e. The summed E-state index contributed by atoms with van der Waals surface area (Å²) in [5.74, 6) is 0.754. The lowest BCUT2D eigenvalue weighted by Crippen LogP contribution is -2.19. The van der Waals surface area contributed by atoms with Crippen molar-refractivity contribution in [1.82, 2.24) is 0 Å². The molecule has 7 rings (SSSR count). The summed E-state index contributed by atoms with van der Waals surface area (Å²) in [5.41, 5.74) is 16.9. The molecule has 0 fully saturated rings. The highest BCUT2D eigenvalue weighted by Crippen LogP contribution is 2.52. The molecule has 3 aromatic rings. The molecule has 35 heavy (non-hydrogen) atoms. The quantitative estimate of drug-likeness (QED) is 0.385. The molecule has 1 atom stereocenters. The molecule has 170 valence electrons.